The van der Waals surface area contributed by atoms with Crippen molar-refractivity contribution >= 4 is 23.6 Å². The summed E-state index contributed by atoms with van der Waals surface area (Å²) in [5.74, 6) is 0.811. The SMILES string of the molecule is CCC(CSC(C)C)=NOC(=O)NC. The number of hydrogen-bond donors (Lipinski definition) is 1. The van der Waals surface area contributed by atoms with E-state index in [4.69, 9.17) is 0 Å². The summed E-state index contributed by atoms with van der Waals surface area (Å²) in [6, 6.07) is 0. The molecule has 0 bridgehead atoms. The average molecular weight is 218 g/mol. The van der Waals surface area contributed by atoms with Crippen LogP contribution in [0.5, 0.6) is 0 Å². The van der Waals surface area contributed by atoms with Crippen molar-refractivity contribution in [1.82, 2.24) is 5.32 Å². The molecule has 4 nitrogen and oxygen atoms in total. The zero-order valence-electron chi connectivity index (χ0n) is 9.16. The first-order valence-corrected chi connectivity index (χ1v) is 5.71. The van der Waals surface area contributed by atoms with E-state index in [-0.39, 0.29) is 0 Å². The van der Waals surface area contributed by atoms with Crippen molar-refractivity contribution < 1.29 is 9.63 Å². The largest absolute Gasteiger partial charge is 0.433 e. The molecule has 0 saturated heterocycles. The van der Waals surface area contributed by atoms with Crippen LogP contribution >= 0.6 is 11.8 Å². The van der Waals surface area contributed by atoms with E-state index in [2.05, 4.69) is 29.2 Å². The summed E-state index contributed by atoms with van der Waals surface area (Å²) < 4.78 is 0. The highest BCUT2D eigenvalue weighted by atomic mass is 32.2. The predicted octanol–water partition coefficient (Wildman–Crippen LogP) is 2.25. The molecule has 0 aromatic carbocycles. The Balaban J connectivity index is 3.92. The quantitative estimate of drug-likeness (QED) is 0.437. The summed E-state index contributed by atoms with van der Waals surface area (Å²) in [5, 5.41) is 6.66. The van der Waals surface area contributed by atoms with Gasteiger partial charge in [0.1, 0.15) is 0 Å². The zero-order valence-corrected chi connectivity index (χ0v) is 9.98. The maximum atomic E-state index is 10.7. The Hall–Kier alpha value is -0.710. The lowest BCUT2D eigenvalue weighted by atomic mass is 10.3. The summed E-state index contributed by atoms with van der Waals surface area (Å²) >= 11 is 1.78. The van der Waals surface area contributed by atoms with Crippen LogP contribution in [0.2, 0.25) is 0 Å². The molecule has 14 heavy (non-hydrogen) atoms. The van der Waals surface area contributed by atoms with E-state index in [1.54, 1.807) is 11.8 Å². The van der Waals surface area contributed by atoms with Crippen LogP contribution in [-0.2, 0) is 4.84 Å². The summed E-state index contributed by atoms with van der Waals surface area (Å²) in [5.41, 5.74) is 0.896. The molecule has 1 N–H and O–H groups in total. The van der Waals surface area contributed by atoms with Gasteiger partial charge in [-0.2, -0.15) is 11.8 Å². The average Bonchev–Trinajstić information content (AvgIpc) is 2.17. The molecule has 5 heteroatoms. The maximum Gasteiger partial charge on any atom is 0.433 e. The molecule has 0 atom stereocenters. The van der Waals surface area contributed by atoms with Crippen LogP contribution < -0.4 is 5.32 Å². The van der Waals surface area contributed by atoms with Crippen LogP contribution in [0.15, 0.2) is 5.16 Å². The minimum absolute atomic E-state index is 0.523. The van der Waals surface area contributed by atoms with E-state index in [0.29, 0.717) is 5.25 Å². The Morgan fingerprint density at radius 3 is 2.64 bits per heavy atom. The van der Waals surface area contributed by atoms with Gasteiger partial charge in [0.15, 0.2) is 0 Å². The molecule has 0 heterocycles. The fraction of sp³-hybridized carbons (Fsp3) is 0.778. The molecule has 0 spiro atoms. The fourth-order valence-electron chi connectivity index (χ4n) is 0.607. The maximum absolute atomic E-state index is 10.7. The summed E-state index contributed by atoms with van der Waals surface area (Å²) in [6.45, 7) is 6.24. The zero-order chi connectivity index (χ0) is 11.0. The van der Waals surface area contributed by atoms with Crippen LogP contribution in [0.25, 0.3) is 0 Å². The van der Waals surface area contributed by atoms with E-state index in [0.717, 1.165) is 17.9 Å². The van der Waals surface area contributed by atoms with E-state index in [9.17, 15) is 4.79 Å². The van der Waals surface area contributed by atoms with Gasteiger partial charge in [0, 0.05) is 12.8 Å². The number of carbonyl (C=O) groups excluding carboxylic acids is 1. The number of thioether (sulfide) groups is 1. The van der Waals surface area contributed by atoms with E-state index >= 15 is 0 Å². The number of hydrogen-bond acceptors (Lipinski definition) is 4. The number of amides is 1. The molecule has 0 aliphatic heterocycles. The Morgan fingerprint density at radius 1 is 1.57 bits per heavy atom. The highest BCUT2D eigenvalue weighted by molar-refractivity contribution is 8.00. The monoisotopic (exact) mass is 218 g/mol. The van der Waals surface area contributed by atoms with Crippen LogP contribution in [0.3, 0.4) is 0 Å². The first-order valence-electron chi connectivity index (χ1n) is 4.66. The second-order valence-corrected chi connectivity index (χ2v) is 4.56. The highest BCUT2D eigenvalue weighted by Gasteiger charge is 2.02. The summed E-state index contributed by atoms with van der Waals surface area (Å²) in [4.78, 5) is 15.3. The van der Waals surface area contributed by atoms with Crippen molar-refractivity contribution in [2.24, 2.45) is 5.16 Å². The Labute approximate surface area is 89.5 Å². The number of carbonyl (C=O) groups is 1. The van der Waals surface area contributed by atoms with Crippen LogP contribution in [-0.4, -0.2) is 29.9 Å². The second-order valence-electron chi connectivity index (χ2n) is 3.00. The van der Waals surface area contributed by atoms with Gasteiger partial charge in [0.2, 0.25) is 0 Å². The Morgan fingerprint density at radius 2 is 2.21 bits per heavy atom. The van der Waals surface area contributed by atoms with E-state index in [1.807, 2.05) is 6.92 Å². The lowest BCUT2D eigenvalue weighted by Crippen LogP contribution is -2.18. The lowest BCUT2D eigenvalue weighted by Gasteiger charge is -2.05. The topological polar surface area (TPSA) is 50.7 Å². The third-order valence-electron chi connectivity index (χ3n) is 1.45. The molecular weight excluding hydrogens is 200 g/mol. The molecule has 0 aromatic rings. The van der Waals surface area contributed by atoms with Gasteiger partial charge in [-0.1, -0.05) is 25.9 Å². The third-order valence-corrected chi connectivity index (χ3v) is 2.62. The lowest BCUT2D eigenvalue weighted by molar-refractivity contribution is 0.153. The highest BCUT2D eigenvalue weighted by Crippen LogP contribution is 2.10. The van der Waals surface area contributed by atoms with Crippen LogP contribution in [0, 0.1) is 0 Å². The molecule has 0 aliphatic rings. The Kier molecular flexibility index (Phi) is 7.28. The van der Waals surface area contributed by atoms with Gasteiger partial charge in [-0.05, 0) is 11.7 Å². The summed E-state index contributed by atoms with van der Waals surface area (Å²) in [7, 11) is 1.51. The van der Waals surface area contributed by atoms with Gasteiger partial charge >= 0.3 is 6.09 Å². The number of rotatable bonds is 5. The third kappa shape index (κ3) is 6.77. The fourth-order valence-corrected chi connectivity index (χ4v) is 1.39. The first-order chi connectivity index (χ1) is 6.60. The van der Waals surface area contributed by atoms with Gasteiger partial charge in [-0.3, -0.25) is 4.84 Å². The van der Waals surface area contributed by atoms with Crippen molar-refractivity contribution in [3.63, 3.8) is 0 Å². The molecule has 0 radical (unpaired) electrons. The first kappa shape index (κ1) is 13.3. The molecule has 0 saturated carbocycles. The Bertz CT molecular complexity index is 205. The van der Waals surface area contributed by atoms with Crippen molar-refractivity contribution in [2.75, 3.05) is 12.8 Å². The molecule has 0 aliphatic carbocycles. The molecule has 82 valence electrons. The van der Waals surface area contributed by atoms with Gasteiger partial charge in [-0.15, -0.1) is 0 Å². The molecule has 1 amide bonds. The van der Waals surface area contributed by atoms with Crippen molar-refractivity contribution in [2.45, 2.75) is 32.4 Å². The van der Waals surface area contributed by atoms with Gasteiger partial charge in [0.25, 0.3) is 0 Å². The van der Waals surface area contributed by atoms with E-state index < -0.39 is 6.09 Å². The smallest absolute Gasteiger partial charge is 0.323 e. The van der Waals surface area contributed by atoms with Gasteiger partial charge in [-0.25, -0.2) is 4.79 Å². The summed E-state index contributed by atoms with van der Waals surface area (Å²) in [6.07, 6.45) is 0.280. The molecule has 0 fully saturated rings. The van der Waals surface area contributed by atoms with Crippen molar-refractivity contribution in [3.05, 3.63) is 0 Å². The van der Waals surface area contributed by atoms with Crippen LogP contribution in [0.4, 0.5) is 4.79 Å². The normalized spacial score (nSPS) is 11.6. The molecule has 0 aromatic heterocycles. The minimum Gasteiger partial charge on any atom is -0.323 e. The van der Waals surface area contributed by atoms with Gasteiger partial charge < -0.3 is 5.32 Å². The number of nitrogens with zero attached hydrogens (tertiary/aromatic N) is 1. The molecule has 0 unspecified atom stereocenters. The predicted molar refractivity (Wildman–Crippen MR) is 60.9 cm³/mol. The van der Waals surface area contributed by atoms with Crippen LogP contribution in [0.1, 0.15) is 27.2 Å². The van der Waals surface area contributed by atoms with Crippen molar-refractivity contribution in [1.29, 1.82) is 0 Å². The number of nitrogens with one attached hydrogen (secondary N) is 1. The molecular formula is C9H18N2O2S. The van der Waals surface area contributed by atoms with E-state index in [1.165, 1.54) is 7.05 Å². The van der Waals surface area contributed by atoms with Gasteiger partial charge in [0.05, 0.1) is 5.71 Å². The number of oxime groups is 1. The standard InChI is InChI=1S/C9H18N2O2S/c1-5-8(6-14-7(2)3)11-13-9(12)10-4/h7H,5-6H2,1-4H3,(H,10,12). The second kappa shape index (κ2) is 7.67. The molecule has 0 rings (SSSR count). The van der Waals surface area contributed by atoms with Crippen molar-refractivity contribution in [3.8, 4) is 0 Å². The minimum atomic E-state index is -0.523.